The van der Waals surface area contributed by atoms with Gasteiger partial charge in [-0.3, -0.25) is 0 Å². The summed E-state index contributed by atoms with van der Waals surface area (Å²) in [7, 11) is 1.94. The van der Waals surface area contributed by atoms with E-state index in [1.54, 1.807) is 0 Å². The zero-order valence-corrected chi connectivity index (χ0v) is 11.5. The standard InChI is InChI=1S/C13H23N5/c1-13(2)5-4-9-10(8-13)17-12(14)18-11(9)16-7-6-15-3/h15H,4-8H2,1-3H3,(H3,14,16,17,18). The summed E-state index contributed by atoms with van der Waals surface area (Å²) in [5.74, 6) is 1.29. The minimum atomic E-state index is 0.316. The summed E-state index contributed by atoms with van der Waals surface area (Å²) < 4.78 is 0. The largest absolute Gasteiger partial charge is 0.368 e. The molecule has 5 heteroatoms. The third kappa shape index (κ3) is 2.90. The van der Waals surface area contributed by atoms with Crippen molar-refractivity contribution in [3.63, 3.8) is 0 Å². The minimum absolute atomic E-state index is 0.316. The summed E-state index contributed by atoms with van der Waals surface area (Å²) in [6.07, 6.45) is 3.19. The molecule has 1 aromatic rings. The number of nitrogens with zero attached hydrogens (tertiary/aromatic N) is 2. The molecule has 100 valence electrons. The molecule has 0 aliphatic heterocycles. The molecule has 0 fully saturated rings. The van der Waals surface area contributed by atoms with E-state index in [0.29, 0.717) is 11.4 Å². The molecule has 0 radical (unpaired) electrons. The summed E-state index contributed by atoms with van der Waals surface area (Å²) in [6, 6.07) is 0. The van der Waals surface area contributed by atoms with Gasteiger partial charge in [-0.1, -0.05) is 13.8 Å². The van der Waals surface area contributed by atoms with E-state index >= 15 is 0 Å². The van der Waals surface area contributed by atoms with Crippen LogP contribution in [0.2, 0.25) is 0 Å². The monoisotopic (exact) mass is 249 g/mol. The van der Waals surface area contributed by atoms with Crippen LogP contribution in [0.25, 0.3) is 0 Å². The third-order valence-electron chi connectivity index (χ3n) is 3.48. The van der Waals surface area contributed by atoms with Crippen LogP contribution in [0.5, 0.6) is 0 Å². The number of hydrogen-bond donors (Lipinski definition) is 3. The first-order valence-electron chi connectivity index (χ1n) is 6.55. The van der Waals surface area contributed by atoms with E-state index in [0.717, 1.165) is 37.4 Å². The summed E-state index contributed by atoms with van der Waals surface area (Å²) in [5, 5.41) is 6.46. The van der Waals surface area contributed by atoms with Crippen molar-refractivity contribution in [3.05, 3.63) is 11.3 Å². The van der Waals surface area contributed by atoms with Gasteiger partial charge in [0, 0.05) is 18.7 Å². The molecular formula is C13H23N5. The Hall–Kier alpha value is -1.36. The highest BCUT2D eigenvalue weighted by atomic mass is 15.1. The van der Waals surface area contributed by atoms with E-state index < -0.39 is 0 Å². The van der Waals surface area contributed by atoms with Crippen LogP contribution in [0, 0.1) is 5.41 Å². The number of anilines is 2. The van der Waals surface area contributed by atoms with Gasteiger partial charge in [0.15, 0.2) is 0 Å². The molecule has 1 aromatic heterocycles. The number of aromatic nitrogens is 2. The summed E-state index contributed by atoms with van der Waals surface area (Å²) in [4.78, 5) is 8.74. The molecule has 0 aromatic carbocycles. The maximum atomic E-state index is 5.80. The molecular weight excluding hydrogens is 226 g/mol. The Bertz CT molecular complexity index is 428. The molecule has 0 bridgehead atoms. The predicted molar refractivity (Wildman–Crippen MR) is 74.7 cm³/mol. The Morgan fingerprint density at radius 1 is 1.28 bits per heavy atom. The van der Waals surface area contributed by atoms with E-state index in [4.69, 9.17) is 5.73 Å². The number of fused-ring (bicyclic) bond motifs is 1. The Morgan fingerprint density at radius 3 is 2.78 bits per heavy atom. The lowest BCUT2D eigenvalue weighted by atomic mass is 9.76. The van der Waals surface area contributed by atoms with Crippen LogP contribution in [0.3, 0.4) is 0 Å². The van der Waals surface area contributed by atoms with Gasteiger partial charge in [-0.2, -0.15) is 4.98 Å². The number of likely N-dealkylation sites (N-methyl/N-ethyl adjacent to an activating group) is 1. The fourth-order valence-corrected chi connectivity index (χ4v) is 2.42. The van der Waals surface area contributed by atoms with E-state index in [1.165, 1.54) is 12.0 Å². The maximum absolute atomic E-state index is 5.80. The van der Waals surface area contributed by atoms with Crippen LogP contribution in [0.15, 0.2) is 0 Å². The van der Waals surface area contributed by atoms with Crippen molar-refractivity contribution in [3.8, 4) is 0 Å². The van der Waals surface area contributed by atoms with Gasteiger partial charge >= 0.3 is 0 Å². The number of nitrogens with two attached hydrogens (primary N) is 1. The topological polar surface area (TPSA) is 75.9 Å². The first-order chi connectivity index (χ1) is 8.52. The number of nitrogen functional groups attached to an aromatic ring is 1. The van der Waals surface area contributed by atoms with Crippen LogP contribution in [0.4, 0.5) is 11.8 Å². The van der Waals surface area contributed by atoms with Gasteiger partial charge in [-0.15, -0.1) is 0 Å². The van der Waals surface area contributed by atoms with Crippen molar-refractivity contribution in [2.75, 3.05) is 31.2 Å². The second kappa shape index (κ2) is 5.10. The lowest BCUT2D eigenvalue weighted by Crippen LogP contribution is -2.26. The summed E-state index contributed by atoms with van der Waals surface area (Å²) in [5.41, 5.74) is 8.48. The van der Waals surface area contributed by atoms with E-state index in [-0.39, 0.29) is 0 Å². The van der Waals surface area contributed by atoms with Gasteiger partial charge in [0.2, 0.25) is 5.95 Å². The second-order valence-corrected chi connectivity index (χ2v) is 5.73. The van der Waals surface area contributed by atoms with Gasteiger partial charge in [0.05, 0.1) is 5.69 Å². The lowest BCUT2D eigenvalue weighted by molar-refractivity contribution is 0.311. The van der Waals surface area contributed by atoms with Crippen LogP contribution in [-0.4, -0.2) is 30.1 Å². The third-order valence-corrected chi connectivity index (χ3v) is 3.48. The number of hydrogen-bond acceptors (Lipinski definition) is 5. The Balaban J connectivity index is 2.23. The van der Waals surface area contributed by atoms with Crippen molar-refractivity contribution < 1.29 is 0 Å². The van der Waals surface area contributed by atoms with Crippen LogP contribution in [0.1, 0.15) is 31.5 Å². The average molecular weight is 249 g/mol. The lowest BCUT2D eigenvalue weighted by Gasteiger charge is -2.31. The maximum Gasteiger partial charge on any atom is 0.222 e. The molecule has 18 heavy (non-hydrogen) atoms. The first kappa shape index (κ1) is 13.1. The van der Waals surface area contributed by atoms with Crippen molar-refractivity contribution >= 4 is 11.8 Å². The minimum Gasteiger partial charge on any atom is -0.368 e. The Morgan fingerprint density at radius 2 is 2.06 bits per heavy atom. The molecule has 0 atom stereocenters. The molecule has 1 heterocycles. The highest BCUT2D eigenvalue weighted by Gasteiger charge is 2.28. The highest BCUT2D eigenvalue weighted by molar-refractivity contribution is 5.51. The van der Waals surface area contributed by atoms with E-state index in [9.17, 15) is 0 Å². The van der Waals surface area contributed by atoms with Gasteiger partial charge in [0.1, 0.15) is 5.82 Å². The molecule has 0 saturated carbocycles. The average Bonchev–Trinajstić information content (AvgIpc) is 2.27. The molecule has 5 nitrogen and oxygen atoms in total. The van der Waals surface area contributed by atoms with Crippen molar-refractivity contribution in [1.29, 1.82) is 0 Å². The molecule has 0 amide bonds. The zero-order chi connectivity index (χ0) is 13.2. The molecule has 1 aliphatic rings. The fraction of sp³-hybridized carbons (Fsp3) is 0.692. The molecule has 0 unspecified atom stereocenters. The predicted octanol–water partition coefficient (Wildman–Crippen LogP) is 1.20. The molecule has 0 saturated heterocycles. The highest BCUT2D eigenvalue weighted by Crippen LogP contribution is 2.36. The SMILES string of the molecule is CNCCNc1nc(N)nc2c1CCC(C)(C)C2. The summed E-state index contributed by atoms with van der Waals surface area (Å²) in [6.45, 7) is 6.32. The van der Waals surface area contributed by atoms with Crippen LogP contribution in [-0.2, 0) is 12.8 Å². The second-order valence-electron chi connectivity index (χ2n) is 5.73. The van der Waals surface area contributed by atoms with Crippen LogP contribution < -0.4 is 16.4 Å². The van der Waals surface area contributed by atoms with Gasteiger partial charge in [0.25, 0.3) is 0 Å². The van der Waals surface area contributed by atoms with Crippen molar-refractivity contribution in [2.45, 2.75) is 33.1 Å². The quantitative estimate of drug-likeness (QED) is 0.699. The van der Waals surface area contributed by atoms with E-state index in [2.05, 4.69) is 34.4 Å². The smallest absolute Gasteiger partial charge is 0.222 e. The van der Waals surface area contributed by atoms with Crippen molar-refractivity contribution in [2.24, 2.45) is 5.41 Å². The first-order valence-corrected chi connectivity index (χ1v) is 6.55. The Kier molecular flexibility index (Phi) is 3.71. The molecule has 4 N–H and O–H groups in total. The van der Waals surface area contributed by atoms with Gasteiger partial charge < -0.3 is 16.4 Å². The molecule has 1 aliphatic carbocycles. The van der Waals surface area contributed by atoms with Gasteiger partial charge in [-0.25, -0.2) is 4.98 Å². The van der Waals surface area contributed by atoms with Gasteiger partial charge in [-0.05, 0) is 31.7 Å². The van der Waals surface area contributed by atoms with Crippen LogP contribution >= 0.6 is 0 Å². The number of rotatable bonds is 4. The Labute approximate surface area is 109 Å². The molecule has 2 rings (SSSR count). The zero-order valence-electron chi connectivity index (χ0n) is 11.5. The molecule has 0 spiro atoms. The fourth-order valence-electron chi connectivity index (χ4n) is 2.42. The number of nitrogens with one attached hydrogen (secondary N) is 2. The summed E-state index contributed by atoms with van der Waals surface area (Å²) >= 11 is 0. The van der Waals surface area contributed by atoms with E-state index in [1.807, 2.05) is 7.05 Å². The normalized spacial score (nSPS) is 17.3. The van der Waals surface area contributed by atoms with Crippen molar-refractivity contribution in [1.82, 2.24) is 15.3 Å².